The van der Waals surface area contributed by atoms with Gasteiger partial charge in [0.1, 0.15) is 5.82 Å². The van der Waals surface area contributed by atoms with Crippen LogP contribution in [0.15, 0.2) is 54.7 Å². The van der Waals surface area contributed by atoms with Gasteiger partial charge in [0, 0.05) is 31.5 Å². The molecule has 0 amide bonds. The smallest absolute Gasteiger partial charge is 0.195 e. The van der Waals surface area contributed by atoms with E-state index in [0.717, 1.165) is 37.6 Å². The molecule has 4 rings (SSSR count). The predicted molar refractivity (Wildman–Crippen MR) is 99.8 cm³/mol. The lowest BCUT2D eigenvalue weighted by molar-refractivity contribution is 0.314. The van der Waals surface area contributed by atoms with Crippen molar-refractivity contribution in [3.8, 4) is 0 Å². The Labute approximate surface area is 152 Å². The van der Waals surface area contributed by atoms with E-state index >= 15 is 0 Å². The first kappa shape index (κ1) is 16.2. The molecule has 1 aliphatic rings. The van der Waals surface area contributed by atoms with Crippen LogP contribution in [0.1, 0.15) is 29.5 Å². The van der Waals surface area contributed by atoms with E-state index in [1.807, 2.05) is 24.4 Å². The van der Waals surface area contributed by atoms with E-state index < -0.39 is 0 Å². The van der Waals surface area contributed by atoms with Crippen molar-refractivity contribution >= 4 is 12.2 Å². The lowest BCUT2D eigenvalue weighted by Crippen LogP contribution is -2.22. The molecule has 1 aromatic carbocycles. The van der Waals surface area contributed by atoms with Crippen molar-refractivity contribution in [2.75, 3.05) is 13.1 Å². The highest BCUT2D eigenvalue weighted by molar-refractivity contribution is 7.71. The van der Waals surface area contributed by atoms with E-state index in [2.05, 4.69) is 55.0 Å². The van der Waals surface area contributed by atoms with Crippen molar-refractivity contribution < 1.29 is 0 Å². The summed E-state index contributed by atoms with van der Waals surface area (Å²) in [6.07, 6.45) is 3.61. The Kier molecular flexibility index (Phi) is 4.72. The van der Waals surface area contributed by atoms with Crippen molar-refractivity contribution in [3.63, 3.8) is 0 Å². The van der Waals surface area contributed by atoms with Crippen molar-refractivity contribution in [1.82, 2.24) is 24.6 Å². The van der Waals surface area contributed by atoms with Gasteiger partial charge in [-0.05, 0) is 36.3 Å². The van der Waals surface area contributed by atoms with Gasteiger partial charge >= 0.3 is 0 Å². The minimum Gasteiger partial charge on any atom is -0.299 e. The van der Waals surface area contributed by atoms with Crippen molar-refractivity contribution in [3.05, 3.63) is 76.6 Å². The average molecular weight is 351 g/mol. The highest BCUT2D eigenvalue weighted by Crippen LogP contribution is 2.25. The number of pyridine rings is 1. The molecule has 1 atom stereocenters. The van der Waals surface area contributed by atoms with Gasteiger partial charge in [-0.1, -0.05) is 36.4 Å². The first-order valence-corrected chi connectivity index (χ1v) is 9.02. The van der Waals surface area contributed by atoms with Crippen LogP contribution in [0.5, 0.6) is 0 Å². The Morgan fingerprint density at radius 1 is 1.12 bits per heavy atom. The molecule has 25 heavy (non-hydrogen) atoms. The van der Waals surface area contributed by atoms with Crippen LogP contribution in [0, 0.1) is 4.77 Å². The fourth-order valence-corrected chi connectivity index (χ4v) is 3.81. The molecule has 1 unspecified atom stereocenters. The lowest BCUT2D eigenvalue weighted by Gasteiger charge is -2.17. The second-order valence-electron chi connectivity index (χ2n) is 6.48. The Hall–Kier alpha value is -2.31. The zero-order chi connectivity index (χ0) is 17.1. The number of rotatable bonds is 5. The maximum absolute atomic E-state index is 5.50. The molecule has 3 heterocycles. The number of aromatic nitrogens is 4. The predicted octanol–water partition coefficient (Wildman–Crippen LogP) is 3.37. The minimum absolute atomic E-state index is 0.369. The second-order valence-corrected chi connectivity index (χ2v) is 6.86. The van der Waals surface area contributed by atoms with E-state index in [4.69, 9.17) is 12.2 Å². The van der Waals surface area contributed by atoms with Crippen LogP contribution in [0.25, 0.3) is 0 Å². The molecule has 6 heteroatoms. The first-order valence-electron chi connectivity index (χ1n) is 8.61. The third kappa shape index (κ3) is 3.70. The number of hydrogen-bond donors (Lipinski definition) is 1. The van der Waals surface area contributed by atoms with Gasteiger partial charge in [0.25, 0.3) is 0 Å². The van der Waals surface area contributed by atoms with Crippen LogP contribution in [0.2, 0.25) is 0 Å². The third-order valence-corrected chi connectivity index (χ3v) is 4.99. The Morgan fingerprint density at radius 2 is 1.96 bits per heavy atom. The number of aromatic amines is 1. The van der Waals surface area contributed by atoms with Gasteiger partial charge in [0.05, 0.1) is 12.5 Å². The van der Waals surface area contributed by atoms with Crippen LogP contribution in [0.4, 0.5) is 0 Å². The van der Waals surface area contributed by atoms with Gasteiger partial charge in [-0.2, -0.15) is 5.10 Å². The summed E-state index contributed by atoms with van der Waals surface area (Å²) < 4.78 is 2.90. The largest absolute Gasteiger partial charge is 0.299 e. The molecule has 0 aliphatic carbocycles. The van der Waals surface area contributed by atoms with Gasteiger partial charge in [-0.3, -0.25) is 19.5 Å². The van der Waals surface area contributed by atoms with Crippen molar-refractivity contribution in [2.45, 2.75) is 25.4 Å². The third-order valence-electron chi connectivity index (χ3n) is 4.70. The standard InChI is InChI=1S/C19H21N5S/c25-19-22-21-18(12-16-8-4-5-10-20-16)24(19)17-9-11-23(14-17)13-15-6-2-1-3-7-15/h1-8,10,17H,9,11-14H2,(H,22,25). The Balaban J connectivity index is 1.49. The fourth-order valence-electron chi connectivity index (χ4n) is 3.51. The summed E-state index contributed by atoms with van der Waals surface area (Å²) in [4.78, 5) is 6.90. The van der Waals surface area contributed by atoms with Crippen molar-refractivity contribution in [1.29, 1.82) is 0 Å². The van der Waals surface area contributed by atoms with Gasteiger partial charge < -0.3 is 0 Å². The molecular formula is C19H21N5S. The monoisotopic (exact) mass is 351 g/mol. The van der Waals surface area contributed by atoms with Crippen molar-refractivity contribution in [2.24, 2.45) is 0 Å². The zero-order valence-corrected chi connectivity index (χ0v) is 14.8. The summed E-state index contributed by atoms with van der Waals surface area (Å²) in [6.45, 7) is 3.06. The summed E-state index contributed by atoms with van der Waals surface area (Å²) in [5, 5.41) is 7.42. The molecular weight excluding hydrogens is 330 g/mol. The van der Waals surface area contributed by atoms with Crippen LogP contribution in [-0.4, -0.2) is 37.7 Å². The maximum atomic E-state index is 5.50. The Bertz CT molecular complexity index is 872. The number of nitrogens with zero attached hydrogens (tertiary/aromatic N) is 4. The van der Waals surface area contributed by atoms with Gasteiger partial charge in [0.15, 0.2) is 4.77 Å². The summed E-state index contributed by atoms with van der Waals surface area (Å²) in [6, 6.07) is 17.0. The molecule has 0 saturated carbocycles. The normalized spacial score (nSPS) is 17.8. The minimum atomic E-state index is 0.369. The molecule has 0 radical (unpaired) electrons. The van der Waals surface area contributed by atoms with E-state index in [1.54, 1.807) is 0 Å². The molecule has 128 valence electrons. The van der Waals surface area contributed by atoms with E-state index in [9.17, 15) is 0 Å². The molecule has 3 aromatic rings. The molecule has 1 aliphatic heterocycles. The molecule has 2 aromatic heterocycles. The second kappa shape index (κ2) is 7.29. The van der Waals surface area contributed by atoms with Gasteiger partial charge in [-0.15, -0.1) is 0 Å². The quantitative estimate of drug-likeness (QED) is 0.716. The van der Waals surface area contributed by atoms with Gasteiger partial charge in [0.2, 0.25) is 0 Å². The van der Waals surface area contributed by atoms with E-state index in [-0.39, 0.29) is 0 Å². The summed E-state index contributed by atoms with van der Waals surface area (Å²) in [5.74, 6) is 0.968. The fraction of sp³-hybridized carbons (Fsp3) is 0.316. The summed E-state index contributed by atoms with van der Waals surface area (Å²) in [7, 11) is 0. The van der Waals surface area contributed by atoms with E-state index in [0.29, 0.717) is 17.2 Å². The van der Waals surface area contributed by atoms with Gasteiger partial charge in [-0.25, -0.2) is 0 Å². The first-order chi connectivity index (χ1) is 12.3. The highest BCUT2D eigenvalue weighted by Gasteiger charge is 2.26. The van der Waals surface area contributed by atoms with Crippen LogP contribution in [-0.2, 0) is 13.0 Å². The van der Waals surface area contributed by atoms with Crippen LogP contribution < -0.4 is 0 Å². The molecule has 1 saturated heterocycles. The number of H-pyrrole nitrogens is 1. The molecule has 1 fully saturated rings. The summed E-state index contributed by atoms with van der Waals surface area (Å²) in [5.41, 5.74) is 2.37. The van der Waals surface area contributed by atoms with E-state index in [1.165, 1.54) is 5.56 Å². The summed E-state index contributed by atoms with van der Waals surface area (Å²) >= 11 is 5.50. The average Bonchev–Trinajstić information content (AvgIpc) is 3.23. The SMILES string of the molecule is S=c1[nH]nc(Cc2ccccn2)n1C1CCN(Cc2ccccc2)C1. The number of nitrogens with one attached hydrogen (secondary N) is 1. The zero-order valence-electron chi connectivity index (χ0n) is 14.0. The Morgan fingerprint density at radius 3 is 2.76 bits per heavy atom. The molecule has 1 N–H and O–H groups in total. The molecule has 0 spiro atoms. The van der Waals surface area contributed by atoms with Crippen LogP contribution >= 0.6 is 12.2 Å². The number of likely N-dealkylation sites (tertiary alicyclic amines) is 1. The number of benzene rings is 1. The topological polar surface area (TPSA) is 49.7 Å². The highest BCUT2D eigenvalue weighted by atomic mass is 32.1. The van der Waals surface area contributed by atoms with Crippen LogP contribution in [0.3, 0.4) is 0 Å². The maximum Gasteiger partial charge on any atom is 0.195 e. The molecule has 0 bridgehead atoms. The lowest BCUT2D eigenvalue weighted by atomic mass is 10.2. The number of hydrogen-bond acceptors (Lipinski definition) is 4. The molecule has 5 nitrogen and oxygen atoms in total.